The van der Waals surface area contributed by atoms with Crippen LogP contribution in [-0.2, 0) is 4.79 Å². The predicted octanol–water partition coefficient (Wildman–Crippen LogP) is 1.77. The smallest absolute Gasteiger partial charge is 0.224 e. The summed E-state index contributed by atoms with van der Waals surface area (Å²) < 4.78 is 0. The van der Waals surface area contributed by atoms with E-state index >= 15 is 0 Å². The van der Waals surface area contributed by atoms with E-state index in [2.05, 4.69) is 5.32 Å². The van der Waals surface area contributed by atoms with Crippen molar-refractivity contribution in [1.29, 1.82) is 0 Å². The lowest BCUT2D eigenvalue weighted by Crippen LogP contribution is -2.13. The largest absolute Gasteiger partial charge is 0.396 e. The Kier molecular flexibility index (Phi) is 4.97. The van der Waals surface area contributed by atoms with E-state index in [1.54, 1.807) is 0 Å². The number of nitrogens with one attached hydrogen (secondary N) is 1. The molecule has 0 aliphatic heterocycles. The summed E-state index contributed by atoms with van der Waals surface area (Å²) in [5, 5.41) is 11.5. The summed E-state index contributed by atoms with van der Waals surface area (Å²) in [6.07, 6.45) is 0.853. The Morgan fingerprint density at radius 2 is 2.12 bits per heavy atom. The Labute approximate surface area is 102 Å². The molecule has 0 atom stereocenters. The number of amides is 1. The van der Waals surface area contributed by atoms with Crippen molar-refractivity contribution in [2.24, 2.45) is 0 Å². The number of aryl methyl sites for hydroxylation is 1. The lowest BCUT2D eigenvalue weighted by Gasteiger charge is -2.15. The highest BCUT2D eigenvalue weighted by atomic mass is 16.3. The third-order valence-corrected chi connectivity index (χ3v) is 2.56. The van der Waals surface area contributed by atoms with Crippen LogP contribution in [0, 0.1) is 6.92 Å². The normalized spacial score (nSPS) is 10.1. The van der Waals surface area contributed by atoms with Crippen molar-refractivity contribution in [3.05, 3.63) is 23.8 Å². The highest BCUT2D eigenvalue weighted by Crippen LogP contribution is 2.21. The Bertz CT molecular complexity index is 389. The molecule has 1 aromatic rings. The first kappa shape index (κ1) is 13.5. The minimum Gasteiger partial charge on any atom is -0.396 e. The molecular weight excluding hydrogens is 216 g/mol. The van der Waals surface area contributed by atoms with E-state index in [0.717, 1.165) is 16.9 Å². The van der Waals surface area contributed by atoms with E-state index in [1.807, 2.05) is 44.1 Å². The van der Waals surface area contributed by atoms with Gasteiger partial charge in [-0.05, 0) is 37.1 Å². The van der Waals surface area contributed by atoms with Gasteiger partial charge in [0, 0.05) is 38.5 Å². The fourth-order valence-electron chi connectivity index (χ4n) is 1.52. The molecule has 0 heterocycles. The number of aliphatic hydroxyl groups is 1. The third-order valence-electron chi connectivity index (χ3n) is 2.56. The molecule has 1 aromatic carbocycles. The molecule has 4 heteroatoms. The fourth-order valence-corrected chi connectivity index (χ4v) is 1.52. The minimum absolute atomic E-state index is 0.0476. The van der Waals surface area contributed by atoms with E-state index in [-0.39, 0.29) is 12.5 Å². The van der Waals surface area contributed by atoms with Crippen LogP contribution in [0.15, 0.2) is 18.2 Å². The Hall–Kier alpha value is -1.55. The van der Waals surface area contributed by atoms with E-state index in [9.17, 15) is 4.79 Å². The van der Waals surface area contributed by atoms with Crippen molar-refractivity contribution in [3.63, 3.8) is 0 Å². The van der Waals surface area contributed by atoms with Crippen LogP contribution < -0.4 is 10.2 Å². The lowest BCUT2D eigenvalue weighted by molar-refractivity contribution is -0.116. The molecule has 4 nitrogen and oxygen atoms in total. The first-order valence-electron chi connectivity index (χ1n) is 5.73. The number of benzene rings is 1. The minimum atomic E-state index is -0.0558. The van der Waals surface area contributed by atoms with E-state index in [1.165, 1.54) is 0 Å². The molecular formula is C13H20N2O2. The van der Waals surface area contributed by atoms with Crippen LogP contribution in [0.3, 0.4) is 0 Å². The molecule has 0 saturated carbocycles. The number of carbonyl (C=O) groups is 1. The number of rotatable bonds is 5. The van der Waals surface area contributed by atoms with Gasteiger partial charge in [-0.1, -0.05) is 0 Å². The summed E-state index contributed by atoms with van der Waals surface area (Å²) in [7, 11) is 3.96. The van der Waals surface area contributed by atoms with Crippen molar-refractivity contribution < 1.29 is 9.90 Å². The second-order valence-corrected chi connectivity index (χ2v) is 4.27. The second-order valence-electron chi connectivity index (χ2n) is 4.27. The van der Waals surface area contributed by atoms with Crippen LogP contribution >= 0.6 is 0 Å². The average Bonchev–Trinajstić information content (AvgIpc) is 2.28. The highest BCUT2D eigenvalue weighted by molar-refractivity contribution is 5.91. The van der Waals surface area contributed by atoms with Crippen LogP contribution in [0.25, 0.3) is 0 Å². The number of hydrogen-bond donors (Lipinski definition) is 2. The van der Waals surface area contributed by atoms with Gasteiger partial charge in [0.15, 0.2) is 0 Å². The highest BCUT2D eigenvalue weighted by Gasteiger charge is 2.05. The standard InChI is InChI=1S/C13H20N2O2/c1-10-9-11(15(2)3)6-7-12(10)14-13(17)5-4-8-16/h6-7,9,16H,4-5,8H2,1-3H3,(H,14,17). The van der Waals surface area contributed by atoms with Crippen LogP contribution in [0.1, 0.15) is 18.4 Å². The Morgan fingerprint density at radius 3 is 2.65 bits per heavy atom. The van der Waals surface area contributed by atoms with Gasteiger partial charge in [-0.2, -0.15) is 0 Å². The molecule has 1 amide bonds. The van der Waals surface area contributed by atoms with Gasteiger partial charge in [-0.3, -0.25) is 4.79 Å². The van der Waals surface area contributed by atoms with Crippen LogP contribution in [-0.4, -0.2) is 31.7 Å². The zero-order chi connectivity index (χ0) is 12.8. The summed E-state index contributed by atoms with van der Waals surface area (Å²) in [4.78, 5) is 13.5. The molecule has 0 fully saturated rings. The molecule has 0 aliphatic rings. The maximum absolute atomic E-state index is 11.5. The van der Waals surface area contributed by atoms with Crippen LogP contribution in [0.2, 0.25) is 0 Å². The van der Waals surface area contributed by atoms with Gasteiger partial charge in [-0.15, -0.1) is 0 Å². The third kappa shape index (κ3) is 4.07. The van der Waals surface area contributed by atoms with Crippen LogP contribution in [0.5, 0.6) is 0 Å². The number of nitrogens with zero attached hydrogens (tertiary/aromatic N) is 1. The summed E-state index contributed by atoms with van der Waals surface area (Å²) in [5.41, 5.74) is 2.97. The van der Waals surface area contributed by atoms with Gasteiger partial charge in [0.2, 0.25) is 5.91 Å². The molecule has 0 spiro atoms. The molecule has 0 unspecified atom stereocenters. The van der Waals surface area contributed by atoms with E-state index < -0.39 is 0 Å². The predicted molar refractivity (Wildman–Crippen MR) is 70.5 cm³/mol. The molecule has 0 aliphatic carbocycles. The van der Waals surface area contributed by atoms with Gasteiger partial charge in [0.05, 0.1) is 0 Å². The average molecular weight is 236 g/mol. The zero-order valence-electron chi connectivity index (χ0n) is 10.7. The van der Waals surface area contributed by atoms with Gasteiger partial charge in [0.25, 0.3) is 0 Å². The summed E-state index contributed by atoms with van der Waals surface area (Å²) in [5.74, 6) is -0.0558. The molecule has 0 saturated heterocycles. The SMILES string of the molecule is Cc1cc(N(C)C)ccc1NC(=O)CCCO. The summed E-state index contributed by atoms with van der Waals surface area (Å²) in [6, 6.07) is 5.90. The number of carbonyl (C=O) groups excluding carboxylic acids is 1. The number of hydrogen-bond acceptors (Lipinski definition) is 3. The molecule has 94 valence electrons. The molecule has 0 aromatic heterocycles. The topological polar surface area (TPSA) is 52.6 Å². The van der Waals surface area contributed by atoms with Crippen molar-refractivity contribution >= 4 is 17.3 Å². The van der Waals surface area contributed by atoms with Crippen molar-refractivity contribution in [3.8, 4) is 0 Å². The maximum atomic E-state index is 11.5. The number of anilines is 2. The first-order valence-corrected chi connectivity index (χ1v) is 5.73. The van der Waals surface area contributed by atoms with E-state index in [0.29, 0.717) is 12.8 Å². The summed E-state index contributed by atoms with van der Waals surface area (Å²) in [6.45, 7) is 2.01. The fraction of sp³-hybridized carbons (Fsp3) is 0.462. The monoisotopic (exact) mass is 236 g/mol. The molecule has 17 heavy (non-hydrogen) atoms. The molecule has 2 N–H and O–H groups in total. The molecule has 0 radical (unpaired) electrons. The van der Waals surface area contributed by atoms with E-state index in [4.69, 9.17) is 5.11 Å². The van der Waals surface area contributed by atoms with Gasteiger partial charge in [0.1, 0.15) is 0 Å². The molecule has 1 rings (SSSR count). The lowest BCUT2D eigenvalue weighted by atomic mass is 10.1. The van der Waals surface area contributed by atoms with Crippen LogP contribution in [0.4, 0.5) is 11.4 Å². The maximum Gasteiger partial charge on any atom is 0.224 e. The van der Waals surface area contributed by atoms with Gasteiger partial charge < -0.3 is 15.3 Å². The number of aliphatic hydroxyl groups excluding tert-OH is 1. The van der Waals surface area contributed by atoms with Gasteiger partial charge in [-0.25, -0.2) is 0 Å². The van der Waals surface area contributed by atoms with Crippen molar-refractivity contribution in [1.82, 2.24) is 0 Å². The zero-order valence-corrected chi connectivity index (χ0v) is 10.7. The Balaban J connectivity index is 2.69. The Morgan fingerprint density at radius 1 is 1.41 bits per heavy atom. The quantitative estimate of drug-likeness (QED) is 0.819. The van der Waals surface area contributed by atoms with Gasteiger partial charge >= 0.3 is 0 Å². The first-order chi connectivity index (χ1) is 8.04. The van der Waals surface area contributed by atoms with Crippen molar-refractivity contribution in [2.75, 3.05) is 30.9 Å². The summed E-state index contributed by atoms with van der Waals surface area (Å²) >= 11 is 0. The second kappa shape index (κ2) is 6.25. The van der Waals surface area contributed by atoms with Crippen molar-refractivity contribution in [2.45, 2.75) is 19.8 Å². The molecule has 0 bridgehead atoms.